The molecular formula is C12H10ClN3O2. The third-order valence-corrected chi connectivity index (χ3v) is 2.45. The highest BCUT2D eigenvalue weighted by atomic mass is 35.5. The summed E-state index contributed by atoms with van der Waals surface area (Å²) in [4.78, 5) is 19.4. The molecule has 2 rings (SSSR count). The lowest BCUT2D eigenvalue weighted by Gasteiger charge is -2.06. The average Bonchev–Trinajstić information content (AvgIpc) is 2.28. The quantitative estimate of drug-likeness (QED) is 0.816. The van der Waals surface area contributed by atoms with Gasteiger partial charge in [0.2, 0.25) is 5.28 Å². The largest absolute Gasteiger partial charge is 0.507 e. The van der Waals surface area contributed by atoms with Crippen LogP contribution in [0, 0.1) is 6.92 Å². The molecular weight excluding hydrogens is 254 g/mol. The van der Waals surface area contributed by atoms with Crippen LogP contribution in [0.1, 0.15) is 15.9 Å². The Morgan fingerprint density at radius 3 is 2.83 bits per heavy atom. The van der Waals surface area contributed by atoms with Gasteiger partial charge in [0.1, 0.15) is 11.6 Å². The molecule has 0 aliphatic heterocycles. The molecule has 0 bridgehead atoms. The first-order valence-electron chi connectivity index (χ1n) is 5.16. The summed E-state index contributed by atoms with van der Waals surface area (Å²) in [7, 11) is 0. The number of phenolic OH excluding ortho intramolecular Hbond substituents is 1. The number of nitrogens with zero attached hydrogens (tertiary/aromatic N) is 2. The third-order valence-electron chi connectivity index (χ3n) is 2.27. The van der Waals surface area contributed by atoms with Gasteiger partial charge in [0.05, 0.1) is 5.56 Å². The molecule has 2 N–H and O–H groups in total. The van der Waals surface area contributed by atoms with Gasteiger partial charge in [0.25, 0.3) is 5.91 Å². The van der Waals surface area contributed by atoms with Crippen molar-refractivity contribution in [2.45, 2.75) is 6.92 Å². The molecule has 0 saturated heterocycles. The molecule has 6 heteroatoms. The van der Waals surface area contributed by atoms with E-state index in [-0.39, 0.29) is 22.4 Å². The summed E-state index contributed by atoms with van der Waals surface area (Å²) in [5.41, 5.74) is 1.05. The molecule has 5 nitrogen and oxygen atoms in total. The first kappa shape index (κ1) is 12.3. The summed E-state index contributed by atoms with van der Waals surface area (Å²) >= 11 is 5.60. The van der Waals surface area contributed by atoms with Crippen LogP contribution >= 0.6 is 11.6 Å². The van der Waals surface area contributed by atoms with Crippen LogP contribution in [0.25, 0.3) is 0 Å². The first-order valence-corrected chi connectivity index (χ1v) is 5.53. The molecule has 1 heterocycles. The maximum atomic E-state index is 11.9. The predicted octanol–water partition coefficient (Wildman–Crippen LogP) is 2.40. The molecule has 0 aliphatic carbocycles. The highest BCUT2D eigenvalue weighted by molar-refractivity contribution is 6.28. The van der Waals surface area contributed by atoms with Crippen molar-refractivity contribution in [2.24, 2.45) is 0 Å². The van der Waals surface area contributed by atoms with E-state index in [2.05, 4.69) is 15.3 Å². The number of aromatic hydroxyl groups is 1. The Bertz CT molecular complexity index is 602. The Hall–Kier alpha value is -2.14. The summed E-state index contributed by atoms with van der Waals surface area (Å²) in [6.45, 7) is 1.82. The van der Waals surface area contributed by atoms with Crippen molar-refractivity contribution >= 4 is 23.3 Å². The zero-order valence-corrected chi connectivity index (χ0v) is 10.3. The summed E-state index contributed by atoms with van der Waals surface area (Å²) in [5.74, 6) is -0.255. The van der Waals surface area contributed by atoms with Gasteiger partial charge in [-0.2, -0.15) is 0 Å². The Balaban J connectivity index is 2.22. The van der Waals surface area contributed by atoms with Gasteiger partial charge < -0.3 is 10.4 Å². The van der Waals surface area contributed by atoms with Gasteiger partial charge in [-0.05, 0) is 42.3 Å². The number of phenols is 1. The van der Waals surface area contributed by atoms with E-state index < -0.39 is 5.91 Å². The molecule has 1 amide bonds. The summed E-state index contributed by atoms with van der Waals surface area (Å²) in [5, 5.41) is 12.2. The van der Waals surface area contributed by atoms with E-state index >= 15 is 0 Å². The average molecular weight is 264 g/mol. The predicted molar refractivity (Wildman–Crippen MR) is 67.8 cm³/mol. The number of hydrogen-bond acceptors (Lipinski definition) is 4. The molecule has 2 aromatic rings. The second-order valence-corrected chi connectivity index (χ2v) is 4.02. The number of aryl methyl sites for hydroxylation is 1. The summed E-state index contributed by atoms with van der Waals surface area (Å²) in [6.07, 6.45) is 1.43. The van der Waals surface area contributed by atoms with Crippen molar-refractivity contribution in [3.63, 3.8) is 0 Å². The lowest BCUT2D eigenvalue weighted by Crippen LogP contribution is -2.13. The highest BCUT2D eigenvalue weighted by Crippen LogP contribution is 2.19. The van der Waals surface area contributed by atoms with E-state index in [1.54, 1.807) is 12.1 Å². The van der Waals surface area contributed by atoms with Gasteiger partial charge in [-0.3, -0.25) is 4.79 Å². The number of halogens is 1. The molecule has 92 valence electrons. The van der Waals surface area contributed by atoms with E-state index in [4.69, 9.17) is 11.6 Å². The van der Waals surface area contributed by atoms with E-state index in [0.717, 1.165) is 5.56 Å². The number of hydrogen-bond donors (Lipinski definition) is 2. The van der Waals surface area contributed by atoms with Gasteiger partial charge in [-0.1, -0.05) is 6.07 Å². The molecule has 0 spiro atoms. The Labute approximate surface area is 108 Å². The van der Waals surface area contributed by atoms with Gasteiger partial charge in [0.15, 0.2) is 0 Å². The number of aromatic nitrogens is 2. The fourth-order valence-electron chi connectivity index (χ4n) is 1.42. The molecule has 0 saturated carbocycles. The summed E-state index contributed by atoms with van der Waals surface area (Å²) < 4.78 is 0. The van der Waals surface area contributed by atoms with Crippen LogP contribution in [0.3, 0.4) is 0 Å². The standard InChI is InChI=1S/C12H10ClN3O2/c1-7-2-3-8(9(17)6-7)11(18)15-10-4-5-14-12(13)16-10/h2-6,17H,1H3,(H,14,15,16,18). The van der Waals surface area contributed by atoms with Crippen LogP contribution in [0.2, 0.25) is 5.28 Å². The van der Waals surface area contributed by atoms with Crippen molar-refractivity contribution in [2.75, 3.05) is 5.32 Å². The van der Waals surface area contributed by atoms with E-state index in [1.165, 1.54) is 18.3 Å². The Morgan fingerprint density at radius 2 is 2.17 bits per heavy atom. The SMILES string of the molecule is Cc1ccc(C(=O)Nc2ccnc(Cl)n2)c(O)c1. The van der Waals surface area contributed by atoms with E-state index in [0.29, 0.717) is 0 Å². The molecule has 1 aromatic carbocycles. The zero-order valence-electron chi connectivity index (χ0n) is 9.51. The van der Waals surface area contributed by atoms with Crippen molar-refractivity contribution in [1.82, 2.24) is 9.97 Å². The topological polar surface area (TPSA) is 75.1 Å². The molecule has 0 atom stereocenters. The molecule has 0 aliphatic rings. The number of carbonyl (C=O) groups is 1. The Morgan fingerprint density at radius 1 is 1.39 bits per heavy atom. The smallest absolute Gasteiger partial charge is 0.260 e. The zero-order chi connectivity index (χ0) is 13.1. The molecule has 1 aromatic heterocycles. The Kier molecular flexibility index (Phi) is 3.43. The van der Waals surface area contributed by atoms with Crippen molar-refractivity contribution in [1.29, 1.82) is 0 Å². The summed E-state index contributed by atoms with van der Waals surface area (Å²) in [6, 6.07) is 6.31. The molecule has 0 fully saturated rings. The minimum absolute atomic E-state index is 0.0425. The minimum Gasteiger partial charge on any atom is -0.507 e. The van der Waals surface area contributed by atoms with E-state index in [9.17, 15) is 9.90 Å². The maximum absolute atomic E-state index is 11.9. The monoisotopic (exact) mass is 263 g/mol. The van der Waals surface area contributed by atoms with Crippen molar-refractivity contribution in [3.8, 4) is 5.75 Å². The second-order valence-electron chi connectivity index (χ2n) is 3.69. The number of carbonyl (C=O) groups excluding carboxylic acids is 1. The lowest BCUT2D eigenvalue weighted by atomic mass is 10.1. The van der Waals surface area contributed by atoms with Gasteiger partial charge >= 0.3 is 0 Å². The van der Waals surface area contributed by atoms with Gasteiger partial charge in [-0.15, -0.1) is 0 Å². The molecule has 18 heavy (non-hydrogen) atoms. The van der Waals surface area contributed by atoms with E-state index in [1.807, 2.05) is 6.92 Å². The van der Waals surface area contributed by atoms with Crippen molar-refractivity contribution < 1.29 is 9.90 Å². The number of anilines is 1. The number of amides is 1. The van der Waals surface area contributed by atoms with Crippen LogP contribution in [-0.4, -0.2) is 21.0 Å². The number of nitrogens with one attached hydrogen (secondary N) is 1. The minimum atomic E-state index is -0.456. The third kappa shape index (κ3) is 2.75. The highest BCUT2D eigenvalue weighted by Gasteiger charge is 2.11. The van der Waals surface area contributed by atoms with Crippen LogP contribution in [0.4, 0.5) is 5.82 Å². The number of rotatable bonds is 2. The number of benzene rings is 1. The van der Waals surface area contributed by atoms with Gasteiger partial charge in [-0.25, -0.2) is 9.97 Å². The van der Waals surface area contributed by atoms with Crippen LogP contribution in [0.5, 0.6) is 5.75 Å². The van der Waals surface area contributed by atoms with Gasteiger partial charge in [0, 0.05) is 6.20 Å². The van der Waals surface area contributed by atoms with Crippen LogP contribution < -0.4 is 5.32 Å². The lowest BCUT2D eigenvalue weighted by molar-refractivity contribution is 0.102. The molecule has 0 radical (unpaired) electrons. The normalized spacial score (nSPS) is 10.1. The molecule has 0 unspecified atom stereocenters. The fourth-order valence-corrected chi connectivity index (χ4v) is 1.57. The van der Waals surface area contributed by atoms with Crippen molar-refractivity contribution in [3.05, 3.63) is 46.9 Å². The maximum Gasteiger partial charge on any atom is 0.260 e. The van der Waals surface area contributed by atoms with Crippen LogP contribution in [-0.2, 0) is 0 Å². The second kappa shape index (κ2) is 5.01. The van der Waals surface area contributed by atoms with Crippen LogP contribution in [0.15, 0.2) is 30.5 Å². The fraction of sp³-hybridized carbons (Fsp3) is 0.0833. The first-order chi connectivity index (χ1) is 8.56.